The number of carbonyl (C=O) groups is 2. The minimum Gasteiger partial charge on any atom is -0.352 e. The Hall–Kier alpha value is -1.53. The van der Waals surface area contributed by atoms with Crippen molar-refractivity contribution in [3.05, 3.63) is 23.8 Å². The van der Waals surface area contributed by atoms with Crippen molar-refractivity contribution < 1.29 is 9.59 Å². The molecule has 6 heteroatoms. The van der Waals surface area contributed by atoms with Crippen LogP contribution in [0.15, 0.2) is 23.1 Å². The highest BCUT2D eigenvalue weighted by Crippen LogP contribution is 2.31. The minimum atomic E-state index is -0.0840. The van der Waals surface area contributed by atoms with Crippen LogP contribution in [0, 0.1) is 0 Å². The Morgan fingerprint density at radius 1 is 1.29 bits per heavy atom. The number of hydrogen-bond acceptors (Lipinski definition) is 4. The molecule has 0 saturated heterocycles. The van der Waals surface area contributed by atoms with Crippen molar-refractivity contribution >= 4 is 29.3 Å². The molecule has 0 aliphatic carbocycles. The van der Waals surface area contributed by atoms with Crippen LogP contribution in [0.2, 0.25) is 0 Å². The molecule has 2 amide bonds. The molecule has 1 aliphatic heterocycles. The van der Waals surface area contributed by atoms with Crippen molar-refractivity contribution in [1.29, 1.82) is 0 Å². The highest BCUT2D eigenvalue weighted by atomic mass is 32.2. The molecule has 0 atom stereocenters. The number of nitrogens with zero attached hydrogens (tertiary/aromatic N) is 1. The Labute approximate surface area is 148 Å². The summed E-state index contributed by atoms with van der Waals surface area (Å²) in [6, 6.07) is 5.48. The Balaban J connectivity index is 1.78. The first-order valence-corrected chi connectivity index (χ1v) is 9.69. The van der Waals surface area contributed by atoms with Crippen LogP contribution in [0.5, 0.6) is 0 Å². The summed E-state index contributed by atoms with van der Waals surface area (Å²) in [5.74, 6) is 0.334. The van der Waals surface area contributed by atoms with Gasteiger partial charge >= 0.3 is 0 Å². The Kier molecular flexibility index (Phi) is 7.59. The first-order valence-electron chi connectivity index (χ1n) is 8.71. The van der Waals surface area contributed by atoms with E-state index in [4.69, 9.17) is 0 Å². The topological polar surface area (TPSA) is 61.4 Å². The van der Waals surface area contributed by atoms with Crippen LogP contribution in [0.25, 0.3) is 0 Å². The monoisotopic (exact) mass is 349 g/mol. The normalized spacial score (nSPS) is 13.5. The van der Waals surface area contributed by atoms with Crippen LogP contribution in [0.1, 0.15) is 43.5 Å². The van der Waals surface area contributed by atoms with E-state index in [1.54, 1.807) is 6.07 Å². The number of nitrogens with one attached hydrogen (secondary N) is 2. The second kappa shape index (κ2) is 9.69. The second-order valence-corrected chi connectivity index (χ2v) is 6.96. The van der Waals surface area contributed by atoms with Gasteiger partial charge in [0.25, 0.3) is 5.91 Å². The fraction of sp³-hybridized carbons (Fsp3) is 0.556. The van der Waals surface area contributed by atoms with Gasteiger partial charge in [0.15, 0.2) is 0 Å². The molecular formula is C18H27N3O2S. The van der Waals surface area contributed by atoms with E-state index in [1.807, 2.05) is 12.1 Å². The van der Waals surface area contributed by atoms with Crippen LogP contribution in [-0.4, -0.2) is 48.6 Å². The number of amides is 2. The Morgan fingerprint density at radius 2 is 2.08 bits per heavy atom. The Bertz CT molecular complexity index is 577. The number of benzene rings is 1. The minimum absolute atomic E-state index is 0.0169. The lowest BCUT2D eigenvalue weighted by Gasteiger charge is -2.20. The largest absolute Gasteiger partial charge is 0.352 e. The van der Waals surface area contributed by atoms with E-state index in [0.717, 1.165) is 36.6 Å². The van der Waals surface area contributed by atoms with Gasteiger partial charge in [-0.15, -0.1) is 11.8 Å². The van der Waals surface area contributed by atoms with Gasteiger partial charge in [-0.1, -0.05) is 20.3 Å². The molecule has 1 aromatic rings. The summed E-state index contributed by atoms with van der Waals surface area (Å²) in [6.07, 6.45) is 3.38. The number of hydrogen-bond donors (Lipinski definition) is 2. The Morgan fingerprint density at radius 3 is 2.83 bits per heavy atom. The number of anilines is 1. The SMILES string of the molecule is CCCCN(CC)CCCNC(=O)c1ccc2c(c1)NC(=O)CS2. The van der Waals surface area contributed by atoms with Gasteiger partial charge in [-0.2, -0.15) is 0 Å². The van der Waals surface area contributed by atoms with Gasteiger partial charge in [-0.3, -0.25) is 9.59 Å². The smallest absolute Gasteiger partial charge is 0.251 e. The van der Waals surface area contributed by atoms with Gasteiger partial charge in [-0.25, -0.2) is 0 Å². The van der Waals surface area contributed by atoms with Gasteiger partial charge in [0.05, 0.1) is 11.4 Å². The molecule has 0 fully saturated rings. The summed E-state index contributed by atoms with van der Waals surface area (Å²) < 4.78 is 0. The molecule has 5 nitrogen and oxygen atoms in total. The lowest BCUT2D eigenvalue weighted by atomic mass is 10.2. The molecule has 0 unspecified atom stereocenters. The fourth-order valence-corrected chi connectivity index (χ4v) is 3.43. The molecule has 1 aromatic carbocycles. The molecule has 0 radical (unpaired) electrons. The van der Waals surface area contributed by atoms with Crippen LogP contribution in [0.4, 0.5) is 5.69 Å². The van der Waals surface area contributed by atoms with E-state index in [-0.39, 0.29) is 11.8 Å². The number of rotatable bonds is 9. The summed E-state index contributed by atoms with van der Waals surface area (Å²) in [6.45, 7) is 8.23. The zero-order valence-electron chi connectivity index (χ0n) is 14.6. The lowest BCUT2D eigenvalue weighted by Crippen LogP contribution is -2.30. The number of carbonyl (C=O) groups excluding carboxylic acids is 2. The summed E-state index contributed by atoms with van der Waals surface area (Å²) in [5.41, 5.74) is 1.33. The predicted octanol–water partition coefficient (Wildman–Crippen LogP) is 2.97. The zero-order valence-corrected chi connectivity index (χ0v) is 15.4. The maximum absolute atomic E-state index is 12.3. The van der Waals surface area contributed by atoms with E-state index in [0.29, 0.717) is 17.9 Å². The first kappa shape index (κ1) is 18.8. The van der Waals surface area contributed by atoms with Crippen LogP contribution >= 0.6 is 11.8 Å². The maximum Gasteiger partial charge on any atom is 0.251 e. The van der Waals surface area contributed by atoms with E-state index in [1.165, 1.54) is 24.6 Å². The number of fused-ring (bicyclic) bond motifs is 1. The van der Waals surface area contributed by atoms with E-state index in [2.05, 4.69) is 29.4 Å². The third kappa shape index (κ3) is 5.53. The van der Waals surface area contributed by atoms with E-state index < -0.39 is 0 Å². The lowest BCUT2D eigenvalue weighted by molar-refractivity contribution is -0.113. The highest BCUT2D eigenvalue weighted by Gasteiger charge is 2.17. The van der Waals surface area contributed by atoms with Gasteiger partial charge < -0.3 is 15.5 Å². The van der Waals surface area contributed by atoms with Crippen LogP contribution in [0.3, 0.4) is 0 Å². The third-order valence-corrected chi connectivity index (χ3v) is 5.16. The quantitative estimate of drug-likeness (QED) is 0.673. The molecule has 132 valence electrons. The molecule has 0 aromatic heterocycles. The number of unbranched alkanes of at least 4 members (excludes halogenated alkanes) is 1. The van der Waals surface area contributed by atoms with Crippen molar-refractivity contribution in [3.63, 3.8) is 0 Å². The van der Waals surface area contributed by atoms with Crippen molar-refractivity contribution in [1.82, 2.24) is 10.2 Å². The van der Waals surface area contributed by atoms with Crippen LogP contribution < -0.4 is 10.6 Å². The molecule has 24 heavy (non-hydrogen) atoms. The molecule has 0 spiro atoms. The molecule has 0 saturated carbocycles. The summed E-state index contributed by atoms with van der Waals surface area (Å²) in [7, 11) is 0. The van der Waals surface area contributed by atoms with Crippen molar-refractivity contribution in [2.45, 2.75) is 38.0 Å². The van der Waals surface area contributed by atoms with Crippen molar-refractivity contribution in [3.8, 4) is 0 Å². The maximum atomic E-state index is 12.3. The molecule has 1 heterocycles. The number of thioether (sulfide) groups is 1. The predicted molar refractivity (Wildman–Crippen MR) is 99.8 cm³/mol. The van der Waals surface area contributed by atoms with Crippen molar-refractivity contribution in [2.24, 2.45) is 0 Å². The average molecular weight is 350 g/mol. The summed E-state index contributed by atoms with van der Waals surface area (Å²) >= 11 is 1.50. The van der Waals surface area contributed by atoms with Gasteiger partial charge in [0, 0.05) is 17.0 Å². The second-order valence-electron chi connectivity index (χ2n) is 5.95. The molecule has 0 bridgehead atoms. The average Bonchev–Trinajstić information content (AvgIpc) is 2.60. The standard InChI is InChI=1S/C18H27N3O2S/c1-3-5-10-21(4-2)11-6-9-19-18(23)14-7-8-16-15(12-14)20-17(22)13-24-16/h7-8,12H,3-6,9-11,13H2,1-2H3,(H,19,23)(H,20,22). The van der Waals surface area contributed by atoms with Gasteiger partial charge in [-0.05, 0) is 50.7 Å². The zero-order chi connectivity index (χ0) is 17.4. The van der Waals surface area contributed by atoms with Crippen LogP contribution in [-0.2, 0) is 4.79 Å². The third-order valence-electron chi connectivity index (χ3n) is 4.09. The molecule has 2 N–H and O–H groups in total. The molecule has 1 aliphatic rings. The fourth-order valence-electron chi connectivity index (χ4n) is 2.64. The summed E-state index contributed by atoms with van der Waals surface area (Å²) in [5, 5.41) is 5.79. The summed E-state index contributed by atoms with van der Waals surface area (Å²) in [4.78, 5) is 27.1. The first-order chi connectivity index (χ1) is 11.6. The van der Waals surface area contributed by atoms with E-state index in [9.17, 15) is 9.59 Å². The van der Waals surface area contributed by atoms with Gasteiger partial charge in [0.1, 0.15) is 0 Å². The van der Waals surface area contributed by atoms with Gasteiger partial charge in [0.2, 0.25) is 5.91 Å². The molecular weight excluding hydrogens is 322 g/mol. The van der Waals surface area contributed by atoms with Crippen molar-refractivity contribution in [2.75, 3.05) is 37.2 Å². The highest BCUT2D eigenvalue weighted by molar-refractivity contribution is 8.00. The van der Waals surface area contributed by atoms with E-state index >= 15 is 0 Å². The molecule has 2 rings (SSSR count).